The SMILES string of the molecule is COc1ccc([C@@H]2CN(C(=O)C(O)CO)C[C@@]2(C)C(C)O)cc1OC1CN(c2ccc(C3CC3)cn2)C1. The van der Waals surface area contributed by atoms with E-state index in [1.807, 2.05) is 31.3 Å². The summed E-state index contributed by atoms with van der Waals surface area (Å²) in [4.78, 5) is 20.9. The molecule has 0 radical (unpaired) electrons. The lowest BCUT2D eigenvalue weighted by Crippen LogP contribution is -2.54. The largest absolute Gasteiger partial charge is 0.493 e. The predicted molar refractivity (Wildman–Crippen MR) is 138 cm³/mol. The lowest BCUT2D eigenvalue weighted by Gasteiger charge is -2.40. The zero-order chi connectivity index (χ0) is 26.3. The van der Waals surface area contributed by atoms with E-state index in [4.69, 9.17) is 9.47 Å². The average molecular weight is 512 g/mol. The molecule has 3 aliphatic rings. The summed E-state index contributed by atoms with van der Waals surface area (Å²) in [6, 6.07) is 9.99. The van der Waals surface area contributed by atoms with Gasteiger partial charge < -0.3 is 34.6 Å². The van der Waals surface area contributed by atoms with Crippen LogP contribution in [-0.4, -0.2) is 89.3 Å². The summed E-state index contributed by atoms with van der Waals surface area (Å²) in [6.45, 7) is 5.07. The maximum Gasteiger partial charge on any atom is 0.253 e. The van der Waals surface area contributed by atoms with Gasteiger partial charge in [0.15, 0.2) is 17.6 Å². The third-order valence-corrected chi connectivity index (χ3v) is 8.33. The number of aliphatic hydroxyl groups excluding tert-OH is 3. The third-order valence-electron chi connectivity index (χ3n) is 8.33. The number of likely N-dealkylation sites (tertiary alicyclic amines) is 1. The van der Waals surface area contributed by atoms with Crippen molar-refractivity contribution in [3.8, 4) is 11.5 Å². The van der Waals surface area contributed by atoms with Crippen LogP contribution in [0.1, 0.15) is 49.7 Å². The Morgan fingerprint density at radius 1 is 1.14 bits per heavy atom. The molecule has 3 heterocycles. The first-order valence-electron chi connectivity index (χ1n) is 13.0. The topological polar surface area (TPSA) is 116 Å². The van der Waals surface area contributed by atoms with E-state index in [-0.39, 0.29) is 18.6 Å². The van der Waals surface area contributed by atoms with Crippen molar-refractivity contribution < 1.29 is 29.6 Å². The molecule has 1 aromatic carbocycles. The van der Waals surface area contributed by atoms with Crippen molar-refractivity contribution in [2.45, 2.75) is 56.8 Å². The fraction of sp³-hybridized carbons (Fsp3) is 0.571. The number of benzene rings is 1. The quantitative estimate of drug-likeness (QED) is 0.468. The van der Waals surface area contributed by atoms with Gasteiger partial charge in [0.05, 0.1) is 32.9 Å². The van der Waals surface area contributed by atoms with Gasteiger partial charge in [0.25, 0.3) is 5.91 Å². The molecule has 0 spiro atoms. The van der Waals surface area contributed by atoms with Crippen molar-refractivity contribution in [3.63, 3.8) is 0 Å². The molecular formula is C28H37N3O6. The molecule has 3 N–H and O–H groups in total. The molecule has 1 aromatic heterocycles. The first-order chi connectivity index (χ1) is 17.7. The molecule has 200 valence electrons. The number of nitrogens with zero attached hydrogens (tertiary/aromatic N) is 3. The van der Waals surface area contributed by atoms with Crippen LogP contribution in [-0.2, 0) is 4.79 Å². The van der Waals surface area contributed by atoms with Crippen LogP contribution in [0.4, 0.5) is 5.82 Å². The number of aliphatic hydroxyl groups is 3. The molecule has 0 bridgehead atoms. The standard InChI is InChI=1S/C28H37N3O6/c1-17(33)28(2)16-31(27(35)23(34)15-32)14-22(28)19-6-8-24(36-3)25(10-19)37-21-12-30(13-21)26-9-7-20(11-29-26)18-4-5-18/h6-11,17-18,21-23,32-34H,4-5,12-16H2,1-3H3/t17?,22-,23?,28-/m0/s1. The Hall–Kier alpha value is -2.88. The first kappa shape index (κ1) is 25.8. The van der Waals surface area contributed by atoms with Crippen molar-refractivity contribution in [2.75, 3.05) is 44.8 Å². The van der Waals surface area contributed by atoms with Crippen molar-refractivity contribution in [1.29, 1.82) is 0 Å². The van der Waals surface area contributed by atoms with Crippen LogP contribution in [0.2, 0.25) is 0 Å². The number of hydrogen-bond donors (Lipinski definition) is 3. The molecule has 3 fully saturated rings. The van der Waals surface area contributed by atoms with Gasteiger partial charge in [-0.3, -0.25) is 4.79 Å². The Bertz CT molecular complexity index is 1120. The number of amides is 1. The van der Waals surface area contributed by atoms with Crippen molar-refractivity contribution in [2.24, 2.45) is 5.41 Å². The van der Waals surface area contributed by atoms with Gasteiger partial charge in [0.1, 0.15) is 11.9 Å². The minimum atomic E-state index is -1.47. The number of hydrogen-bond acceptors (Lipinski definition) is 8. The van der Waals surface area contributed by atoms with Gasteiger partial charge in [-0.15, -0.1) is 0 Å². The lowest BCUT2D eigenvalue weighted by molar-refractivity contribution is -0.141. The summed E-state index contributed by atoms with van der Waals surface area (Å²) in [5, 5.41) is 29.8. The summed E-state index contributed by atoms with van der Waals surface area (Å²) in [7, 11) is 1.60. The zero-order valence-electron chi connectivity index (χ0n) is 21.7. The van der Waals surface area contributed by atoms with Crippen LogP contribution < -0.4 is 14.4 Å². The van der Waals surface area contributed by atoms with Crippen LogP contribution >= 0.6 is 0 Å². The molecular weight excluding hydrogens is 474 g/mol. The second-order valence-corrected chi connectivity index (χ2v) is 10.9. The number of anilines is 1. The summed E-state index contributed by atoms with van der Waals surface area (Å²) < 4.78 is 11.9. The second kappa shape index (κ2) is 10.1. The van der Waals surface area contributed by atoms with Crippen LogP contribution in [0, 0.1) is 5.41 Å². The minimum Gasteiger partial charge on any atom is -0.493 e. The Balaban J connectivity index is 1.30. The average Bonchev–Trinajstić information content (AvgIpc) is 3.67. The monoisotopic (exact) mass is 511 g/mol. The van der Waals surface area contributed by atoms with Crippen molar-refractivity contribution in [1.82, 2.24) is 9.88 Å². The molecule has 1 aliphatic carbocycles. The number of rotatable bonds is 9. The van der Waals surface area contributed by atoms with Crippen molar-refractivity contribution >= 4 is 11.7 Å². The Morgan fingerprint density at radius 3 is 2.46 bits per heavy atom. The van der Waals surface area contributed by atoms with Gasteiger partial charge in [0.2, 0.25) is 0 Å². The van der Waals surface area contributed by atoms with E-state index in [1.54, 1.807) is 14.0 Å². The normalized spacial score (nSPS) is 25.5. The van der Waals surface area contributed by atoms with Crippen LogP contribution in [0.15, 0.2) is 36.5 Å². The van der Waals surface area contributed by atoms with Gasteiger partial charge in [-0.1, -0.05) is 19.1 Å². The van der Waals surface area contributed by atoms with Gasteiger partial charge in [0, 0.05) is 30.6 Å². The number of pyridine rings is 1. The number of carbonyl (C=O) groups excluding carboxylic acids is 1. The fourth-order valence-corrected chi connectivity index (χ4v) is 5.51. The zero-order valence-corrected chi connectivity index (χ0v) is 21.7. The maximum absolute atomic E-state index is 12.6. The third kappa shape index (κ3) is 5.00. The Morgan fingerprint density at radius 2 is 1.86 bits per heavy atom. The van der Waals surface area contributed by atoms with E-state index < -0.39 is 30.1 Å². The highest BCUT2D eigenvalue weighted by Crippen LogP contribution is 2.47. The highest BCUT2D eigenvalue weighted by Gasteiger charge is 2.49. The lowest BCUT2D eigenvalue weighted by atomic mass is 9.72. The Kier molecular flexibility index (Phi) is 7.04. The smallest absolute Gasteiger partial charge is 0.253 e. The molecule has 4 atom stereocenters. The van der Waals surface area contributed by atoms with E-state index in [0.29, 0.717) is 24.0 Å². The number of carbonyl (C=O) groups is 1. The molecule has 1 saturated carbocycles. The van der Waals surface area contributed by atoms with E-state index in [2.05, 4.69) is 22.0 Å². The number of aromatic nitrogens is 1. The minimum absolute atomic E-state index is 0.0152. The fourth-order valence-electron chi connectivity index (χ4n) is 5.51. The van der Waals surface area contributed by atoms with Crippen LogP contribution in [0.3, 0.4) is 0 Å². The molecule has 1 amide bonds. The van der Waals surface area contributed by atoms with E-state index in [1.165, 1.54) is 23.3 Å². The maximum atomic E-state index is 12.6. The highest BCUT2D eigenvalue weighted by molar-refractivity contribution is 5.81. The van der Waals surface area contributed by atoms with Gasteiger partial charge in [-0.25, -0.2) is 4.98 Å². The molecule has 2 aromatic rings. The number of methoxy groups -OCH3 is 1. The van der Waals surface area contributed by atoms with Gasteiger partial charge in [-0.05, 0) is 55.0 Å². The second-order valence-electron chi connectivity index (χ2n) is 10.9. The molecule has 2 aliphatic heterocycles. The van der Waals surface area contributed by atoms with E-state index in [0.717, 1.165) is 24.5 Å². The summed E-state index contributed by atoms with van der Waals surface area (Å²) in [5.74, 6) is 2.16. The molecule has 9 nitrogen and oxygen atoms in total. The first-order valence-corrected chi connectivity index (χ1v) is 13.0. The van der Waals surface area contributed by atoms with Gasteiger partial charge >= 0.3 is 0 Å². The van der Waals surface area contributed by atoms with Crippen molar-refractivity contribution in [3.05, 3.63) is 47.7 Å². The molecule has 37 heavy (non-hydrogen) atoms. The van der Waals surface area contributed by atoms with E-state index >= 15 is 0 Å². The summed E-state index contributed by atoms with van der Waals surface area (Å²) >= 11 is 0. The van der Waals surface area contributed by atoms with Gasteiger partial charge in [-0.2, -0.15) is 0 Å². The number of ether oxygens (including phenoxy) is 2. The molecule has 2 saturated heterocycles. The summed E-state index contributed by atoms with van der Waals surface area (Å²) in [5.41, 5.74) is 1.60. The van der Waals surface area contributed by atoms with Crippen LogP contribution in [0.25, 0.3) is 0 Å². The highest BCUT2D eigenvalue weighted by atomic mass is 16.5. The Labute approximate surface area is 217 Å². The predicted octanol–water partition coefficient (Wildman–Crippen LogP) is 1.90. The van der Waals surface area contributed by atoms with Crippen LogP contribution in [0.5, 0.6) is 11.5 Å². The molecule has 5 rings (SSSR count). The summed E-state index contributed by atoms with van der Waals surface area (Å²) in [6.07, 6.45) is 2.33. The molecule has 9 heteroatoms. The van der Waals surface area contributed by atoms with E-state index in [9.17, 15) is 20.1 Å². The molecule has 2 unspecified atom stereocenters.